The lowest BCUT2D eigenvalue weighted by atomic mass is 10.2. The van der Waals surface area contributed by atoms with E-state index in [-0.39, 0.29) is 5.69 Å². The van der Waals surface area contributed by atoms with Gasteiger partial charge in [0.25, 0.3) is 0 Å². The minimum atomic E-state index is -0.396. The van der Waals surface area contributed by atoms with Gasteiger partial charge in [-0.1, -0.05) is 0 Å². The Hall–Kier alpha value is -2.83. The van der Waals surface area contributed by atoms with Gasteiger partial charge in [-0.2, -0.15) is 5.10 Å². The lowest BCUT2D eigenvalue weighted by molar-refractivity contribution is 0.0495. The number of nitrogens with one attached hydrogen (secondary N) is 1. The van der Waals surface area contributed by atoms with Gasteiger partial charge in [0.05, 0.1) is 23.2 Å². The highest BCUT2D eigenvalue weighted by Gasteiger charge is 2.10. The number of H-pyrrole nitrogens is 1. The van der Waals surface area contributed by atoms with Gasteiger partial charge < -0.3 is 9.72 Å². The first-order valence-corrected chi connectivity index (χ1v) is 6.98. The van der Waals surface area contributed by atoms with Gasteiger partial charge in [0.15, 0.2) is 0 Å². The summed E-state index contributed by atoms with van der Waals surface area (Å²) in [4.78, 5) is 26.2. The van der Waals surface area contributed by atoms with Gasteiger partial charge in [0, 0.05) is 32.4 Å². The van der Waals surface area contributed by atoms with E-state index in [2.05, 4.69) is 10.1 Å². The first-order valence-electron chi connectivity index (χ1n) is 6.98. The van der Waals surface area contributed by atoms with E-state index in [1.165, 1.54) is 4.57 Å². The van der Waals surface area contributed by atoms with Crippen LogP contribution < -0.4 is 5.69 Å². The molecule has 0 aliphatic rings. The molecule has 0 aliphatic heterocycles. The molecule has 0 radical (unpaired) electrons. The molecule has 3 rings (SSSR count). The normalized spacial score (nSPS) is 11.0. The van der Waals surface area contributed by atoms with E-state index in [9.17, 15) is 9.59 Å². The minimum absolute atomic E-state index is 0.209. The van der Waals surface area contributed by atoms with Crippen molar-refractivity contribution in [3.63, 3.8) is 0 Å². The summed E-state index contributed by atoms with van der Waals surface area (Å²) in [7, 11) is 1.68. The van der Waals surface area contributed by atoms with Gasteiger partial charge in [-0.3, -0.25) is 9.25 Å². The molecule has 114 valence electrons. The van der Waals surface area contributed by atoms with Crippen LogP contribution in [0.1, 0.15) is 16.8 Å². The van der Waals surface area contributed by atoms with E-state index in [1.54, 1.807) is 36.1 Å². The topological polar surface area (TPSA) is 81.9 Å². The molecule has 0 saturated carbocycles. The Kier molecular flexibility index (Phi) is 3.78. The largest absolute Gasteiger partial charge is 0.462 e. The number of hydrogen-bond acceptors (Lipinski definition) is 4. The summed E-state index contributed by atoms with van der Waals surface area (Å²) >= 11 is 0. The highest BCUT2D eigenvalue weighted by Crippen LogP contribution is 2.13. The second kappa shape index (κ2) is 5.88. The van der Waals surface area contributed by atoms with Crippen molar-refractivity contribution in [2.75, 3.05) is 6.61 Å². The van der Waals surface area contributed by atoms with Crippen molar-refractivity contribution in [2.45, 2.75) is 13.0 Å². The number of aromatic amines is 1. The van der Waals surface area contributed by atoms with Gasteiger partial charge in [0.2, 0.25) is 0 Å². The fourth-order valence-electron chi connectivity index (χ4n) is 2.27. The van der Waals surface area contributed by atoms with Gasteiger partial charge in [-0.05, 0) is 24.3 Å². The van der Waals surface area contributed by atoms with Crippen LogP contribution in [-0.4, -0.2) is 31.9 Å². The number of aromatic nitrogens is 4. The van der Waals surface area contributed by atoms with Crippen LogP contribution in [0.5, 0.6) is 0 Å². The standard InChI is InChI=1S/C15H16N4O3/c1-18-13-5-4-11(10-12(13)17-15(18)21)14(20)22-9-3-8-19-7-2-6-16-19/h2,4-7,10H,3,8-9H2,1H3,(H,17,21). The van der Waals surface area contributed by atoms with Crippen LogP contribution in [0, 0.1) is 0 Å². The second-order valence-corrected chi connectivity index (χ2v) is 4.98. The molecule has 0 amide bonds. The van der Waals surface area contributed by atoms with E-state index in [0.29, 0.717) is 30.7 Å². The molecule has 0 aliphatic carbocycles. The molecule has 0 bridgehead atoms. The smallest absolute Gasteiger partial charge is 0.338 e. The molecule has 0 unspecified atom stereocenters. The van der Waals surface area contributed by atoms with E-state index >= 15 is 0 Å². The Morgan fingerprint density at radius 1 is 1.41 bits per heavy atom. The molecule has 7 nitrogen and oxygen atoms in total. The lowest BCUT2D eigenvalue weighted by Crippen LogP contribution is -2.11. The molecule has 1 N–H and O–H groups in total. The zero-order valence-electron chi connectivity index (χ0n) is 12.2. The monoisotopic (exact) mass is 300 g/mol. The molecule has 2 heterocycles. The third kappa shape index (κ3) is 2.78. The van der Waals surface area contributed by atoms with Crippen molar-refractivity contribution in [3.05, 3.63) is 52.7 Å². The van der Waals surface area contributed by atoms with Crippen LogP contribution >= 0.6 is 0 Å². The molecule has 0 atom stereocenters. The predicted molar refractivity (Wildman–Crippen MR) is 80.7 cm³/mol. The average molecular weight is 300 g/mol. The van der Waals surface area contributed by atoms with Crippen LogP contribution in [0.25, 0.3) is 11.0 Å². The number of aryl methyl sites for hydroxylation is 2. The number of imidazole rings is 1. The summed E-state index contributed by atoms with van der Waals surface area (Å²) in [6.07, 6.45) is 4.27. The Labute approximate surface area is 126 Å². The summed E-state index contributed by atoms with van der Waals surface area (Å²) in [6, 6.07) is 6.87. The average Bonchev–Trinajstić information content (AvgIpc) is 3.12. The molecule has 0 fully saturated rings. The van der Waals surface area contributed by atoms with Gasteiger partial charge in [0.1, 0.15) is 0 Å². The van der Waals surface area contributed by atoms with Crippen LogP contribution in [0.3, 0.4) is 0 Å². The summed E-state index contributed by atoms with van der Waals surface area (Å²) in [5.74, 6) is -0.396. The number of benzene rings is 1. The number of carbonyl (C=O) groups excluding carboxylic acids is 1. The molecule has 1 aromatic carbocycles. The SMILES string of the molecule is Cn1c(=O)[nH]c2cc(C(=O)OCCCn3cccn3)ccc21. The molecular formula is C15H16N4O3. The van der Waals surface area contributed by atoms with Crippen molar-refractivity contribution < 1.29 is 9.53 Å². The first kappa shape index (κ1) is 14.1. The van der Waals surface area contributed by atoms with Gasteiger partial charge in [-0.25, -0.2) is 9.59 Å². The molecular weight excluding hydrogens is 284 g/mol. The molecule has 7 heteroatoms. The maximum absolute atomic E-state index is 12.0. The van der Waals surface area contributed by atoms with Crippen molar-refractivity contribution in [2.24, 2.45) is 7.05 Å². The Morgan fingerprint density at radius 3 is 3.05 bits per heavy atom. The summed E-state index contributed by atoms with van der Waals surface area (Å²) in [5, 5.41) is 4.08. The second-order valence-electron chi connectivity index (χ2n) is 4.98. The van der Waals surface area contributed by atoms with Crippen LogP contribution in [-0.2, 0) is 18.3 Å². The van der Waals surface area contributed by atoms with Gasteiger partial charge in [-0.15, -0.1) is 0 Å². The number of hydrogen-bond donors (Lipinski definition) is 1. The zero-order valence-corrected chi connectivity index (χ0v) is 12.2. The van der Waals surface area contributed by atoms with Crippen molar-refractivity contribution in [1.29, 1.82) is 0 Å². The van der Waals surface area contributed by atoms with E-state index in [0.717, 1.165) is 5.52 Å². The molecule has 0 saturated heterocycles. The fraction of sp³-hybridized carbons (Fsp3) is 0.267. The van der Waals surface area contributed by atoms with E-state index in [4.69, 9.17) is 4.74 Å². The van der Waals surface area contributed by atoms with Crippen molar-refractivity contribution in [3.8, 4) is 0 Å². The number of carbonyl (C=O) groups is 1. The lowest BCUT2D eigenvalue weighted by Gasteiger charge is -2.05. The summed E-state index contributed by atoms with van der Waals surface area (Å²) in [6.45, 7) is 1.02. The van der Waals surface area contributed by atoms with Crippen LogP contribution in [0.2, 0.25) is 0 Å². The number of fused-ring (bicyclic) bond motifs is 1. The zero-order chi connectivity index (χ0) is 15.5. The fourth-order valence-corrected chi connectivity index (χ4v) is 2.27. The molecule has 2 aromatic heterocycles. The van der Waals surface area contributed by atoms with Crippen molar-refractivity contribution in [1.82, 2.24) is 19.3 Å². The first-order chi connectivity index (χ1) is 10.6. The summed E-state index contributed by atoms with van der Waals surface area (Å²) in [5.41, 5.74) is 1.59. The minimum Gasteiger partial charge on any atom is -0.462 e. The quantitative estimate of drug-likeness (QED) is 0.569. The third-order valence-corrected chi connectivity index (χ3v) is 3.46. The Balaban J connectivity index is 1.61. The highest BCUT2D eigenvalue weighted by atomic mass is 16.5. The highest BCUT2D eigenvalue weighted by molar-refractivity contribution is 5.93. The third-order valence-electron chi connectivity index (χ3n) is 3.46. The van der Waals surface area contributed by atoms with Crippen LogP contribution in [0.4, 0.5) is 0 Å². The van der Waals surface area contributed by atoms with E-state index < -0.39 is 5.97 Å². The van der Waals surface area contributed by atoms with Gasteiger partial charge >= 0.3 is 11.7 Å². The van der Waals surface area contributed by atoms with E-state index in [1.807, 2.05) is 12.3 Å². The number of rotatable bonds is 5. The molecule has 22 heavy (non-hydrogen) atoms. The molecule has 0 spiro atoms. The maximum atomic E-state index is 12.0. The number of esters is 1. The maximum Gasteiger partial charge on any atom is 0.338 e. The van der Waals surface area contributed by atoms with Crippen LogP contribution in [0.15, 0.2) is 41.5 Å². The van der Waals surface area contributed by atoms with Crippen molar-refractivity contribution >= 4 is 17.0 Å². The number of nitrogens with zero attached hydrogens (tertiary/aromatic N) is 3. The Morgan fingerprint density at radius 2 is 2.27 bits per heavy atom. The predicted octanol–water partition coefficient (Wildman–Crippen LogP) is 1.31. The number of ether oxygens (including phenoxy) is 1. The molecule has 3 aromatic rings. The summed E-state index contributed by atoms with van der Waals surface area (Å²) < 4.78 is 8.51. The Bertz CT molecular complexity index is 845.